The minimum atomic E-state index is 0. The first-order valence-corrected chi connectivity index (χ1v) is 58.5. The monoisotopic (exact) mass is 1950 g/mol. The van der Waals surface area contributed by atoms with Crippen molar-refractivity contribution in [3.63, 3.8) is 0 Å². The van der Waals surface area contributed by atoms with Gasteiger partial charge in [-0.15, -0.1) is 0 Å². The van der Waals surface area contributed by atoms with E-state index in [1.54, 1.807) is 0 Å². The first kappa shape index (κ1) is 141. The summed E-state index contributed by atoms with van der Waals surface area (Å²) in [6.07, 6.45) is 39.6. The molecule has 2 unspecified atom stereocenters. The number of nitrogens with zero attached hydrogens (tertiary/aromatic N) is 10. The number of piperidine rings is 6. The summed E-state index contributed by atoms with van der Waals surface area (Å²) in [7, 11) is 8.82. The molecule has 15 heteroatoms. The largest absolute Gasteiger partial charge is 0.381 e. The predicted octanol–water partition coefficient (Wildman–Crippen LogP) is 28.5. The molecule has 14 heterocycles. The zero-order chi connectivity index (χ0) is 101. The van der Waals surface area contributed by atoms with Crippen molar-refractivity contribution < 1.29 is 14.2 Å². The smallest absolute Gasteiger partial charge is 0.0518 e. The van der Waals surface area contributed by atoms with E-state index in [2.05, 4.69) is 295 Å². The molecule has 13 saturated heterocycles. The molecule has 15 nitrogen and oxygen atoms in total. The average Bonchev–Trinajstić information content (AvgIpc) is 1.71. The highest BCUT2D eigenvalue weighted by Gasteiger charge is 2.28. The molecule has 2 N–H and O–H groups in total. The Balaban J connectivity index is -0.00000142. The van der Waals surface area contributed by atoms with Gasteiger partial charge in [-0.25, -0.2) is 0 Å². The van der Waals surface area contributed by atoms with Crippen LogP contribution in [0.25, 0.3) is 0 Å². The Morgan fingerprint density at radius 1 is 0.290 bits per heavy atom. The van der Waals surface area contributed by atoms with E-state index >= 15 is 0 Å². The second kappa shape index (κ2) is 88.5. The van der Waals surface area contributed by atoms with Gasteiger partial charge in [0.05, 0.1) is 13.2 Å². The lowest BCUT2D eigenvalue weighted by Gasteiger charge is -2.38. The van der Waals surface area contributed by atoms with E-state index < -0.39 is 0 Å². The third-order valence-electron chi connectivity index (χ3n) is 31.6. The van der Waals surface area contributed by atoms with Gasteiger partial charge in [-0.3, -0.25) is 4.98 Å². The van der Waals surface area contributed by atoms with Crippen LogP contribution in [0.2, 0.25) is 0 Å². The number of rotatable bonds is 26. The van der Waals surface area contributed by atoms with E-state index in [0.717, 1.165) is 182 Å². The van der Waals surface area contributed by atoms with Gasteiger partial charge in [0, 0.05) is 90.6 Å². The molecule has 0 bridgehead atoms. The maximum Gasteiger partial charge on any atom is 0.0518 e. The van der Waals surface area contributed by atoms with Crippen molar-refractivity contribution in [1.29, 1.82) is 0 Å². The normalized spacial score (nSPS) is 21.8. The fourth-order valence-corrected chi connectivity index (χ4v) is 18.9. The fourth-order valence-electron chi connectivity index (χ4n) is 18.9. The summed E-state index contributed by atoms with van der Waals surface area (Å²) in [6.45, 7) is 108. The van der Waals surface area contributed by atoms with Gasteiger partial charge in [0.25, 0.3) is 0 Å². The van der Waals surface area contributed by atoms with Crippen LogP contribution in [0.15, 0.2) is 24.5 Å². The molecule has 13 aliphatic heterocycles. The number of hydrogen-bond donors (Lipinski definition) is 2. The summed E-state index contributed by atoms with van der Waals surface area (Å²) < 4.78 is 15.5. The molecule has 13 aliphatic rings. The molecular formula is C123H258N12O3. The standard InChI is InChI=1S/C11H23N.C10H22N2.C10H15N.3C10H21N.C9H19N.2C8H17N.C8H16O.C7H15N.C7H14O.C6H13N.C6H12O.3CH4/c1-10(2)4-7-12-8-5-11(3)6-9-12;1-10(2)4-5-12-8-6-11(3)7-9-12;1-9(2)5-6-10-4-3-7-11-8-10;3*1-10(2)6-9-11-7-4-3-5-8-11;1-8(2)9-4-6-10(3)7-5-9;1-7(2)8-4-5-9(3)6-8;2*1-7(2)8-3-5-9-6-4-8;1-6(2)7-4-8(3)5-7;1-6(2)7-3-4-8-5-7;2*1-5(2)6-3-7-4-6;;;/h10-11H,4-9H2,1-3H3;10H,4-9H2,1-3H3;3-4,7-9H,5-6H2,1-2H3;3*10H,3-9H2,1-2H3;8-9H,4-7H2,1-3H3;7-8H,4-6H2,1-3H3;7-9H,3-6H2,1-2H3;7-8H,3-6H2,1-2H3;6-7H,4-5H2,1-3H3;6-7H,3-5H2,1-2H3;5-7H,3-4H2,1-2H3;5-6H,3-4H2,1-2H3;3*1H4. The van der Waals surface area contributed by atoms with Crippen molar-refractivity contribution >= 4 is 0 Å². The van der Waals surface area contributed by atoms with E-state index in [0.29, 0.717) is 0 Å². The van der Waals surface area contributed by atoms with Crippen LogP contribution in [0.1, 0.15) is 389 Å². The first-order chi connectivity index (χ1) is 64.1. The van der Waals surface area contributed by atoms with Gasteiger partial charge < -0.3 is 68.9 Å². The number of aromatic nitrogens is 1. The van der Waals surface area contributed by atoms with Crippen LogP contribution in [0.5, 0.6) is 0 Å². The van der Waals surface area contributed by atoms with Crippen LogP contribution in [0, 0.1) is 136 Å². The van der Waals surface area contributed by atoms with E-state index in [9.17, 15) is 0 Å². The van der Waals surface area contributed by atoms with Crippen LogP contribution < -0.4 is 10.6 Å². The van der Waals surface area contributed by atoms with Crippen molar-refractivity contribution in [1.82, 2.24) is 59.7 Å². The van der Waals surface area contributed by atoms with E-state index in [4.69, 9.17) is 14.2 Å². The molecule has 0 radical (unpaired) electrons. The molecule has 2 atom stereocenters. The molecule has 0 aliphatic carbocycles. The van der Waals surface area contributed by atoms with Gasteiger partial charge in [0.15, 0.2) is 0 Å². The molecular weight excluding hydrogens is 1690 g/mol. The Bertz CT molecular complexity index is 2480. The summed E-state index contributed by atoms with van der Waals surface area (Å²) in [5.74, 6) is 20.6. The number of hydrogen-bond acceptors (Lipinski definition) is 15. The quantitative estimate of drug-likeness (QED) is 0.0921. The lowest BCUT2D eigenvalue weighted by molar-refractivity contribution is -0.0534. The third kappa shape index (κ3) is 78.8. The minimum Gasteiger partial charge on any atom is -0.381 e. The zero-order valence-corrected chi connectivity index (χ0v) is 97.5. The van der Waals surface area contributed by atoms with Gasteiger partial charge in [-0.05, 0) is 449 Å². The second-order valence-corrected chi connectivity index (χ2v) is 49.8. The van der Waals surface area contributed by atoms with Crippen LogP contribution in [-0.2, 0) is 20.6 Å². The van der Waals surface area contributed by atoms with Crippen molar-refractivity contribution in [2.24, 2.45) is 136 Å². The number of likely N-dealkylation sites (N-methyl/N-ethyl adjacent to an activating group) is 1. The number of ether oxygens (including phenoxy) is 3. The molecule has 13 fully saturated rings. The van der Waals surface area contributed by atoms with Gasteiger partial charge >= 0.3 is 0 Å². The van der Waals surface area contributed by atoms with Gasteiger partial charge in [0.1, 0.15) is 0 Å². The highest BCUT2D eigenvalue weighted by atomic mass is 16.5. The van der Waals surface area contributed by atoms with Crippen LogP contribution in [-0.4, -0.2) is 294 Å². The van der Waals surface area contributed by atoms with E-state index in [-0.39, 0.29) is 22.3 Å². The summed E-state index contributed by atoms with van der Waals surface area (Å²) in [5.41, 5.74) is 1.35. The van der Waals surface area contributed by atoms with Crippen LogP contribution >= 0.6 is 0 Å². The molecule has 138 heavy (non-hydrogen) atoms. The maximum atomic E-state index is 5.25. The zero-order valence-electron chi connectivity index (χ0n) is 97.5. The predicted molar refractivity (Wildman–Crippen MR) is 619 cm³/mol. The van der Waals surface area contributed by atoms with Crippen molar-refractivity contribution in [2.45, 2.75) is 390 Å². The molecule has 0 spiro atoms. The van der Waals surface area contributed by atoms with E-state index in [1.807, 2.05) is 18.5 Å². The number of aryl methyl sites for hydroxylation is 1. The number of nitrogens with one attached hydrogen (secondary N) is 2. The summed E-state index contributed by atoms with van der Waals surface area (Å²) >= 11 is 0. The topological polar surface area (TPSA) is 93.8 Å². The van der Waals surface area contributed by atoms with Crippen molar-refractivity contribution in [3.05, 3.63) is 30.1 Å². The molecule has 0 aromatic carbocycles. The maximum absolute atomic E-state index is 5.25. The number of piperazine rings is 1. The first-order valence-electron chi connectivity index (χ1n) is 58.5. The highest BCUT2D eigenvalue weighted by Crippen LogP contribution is 2.28. The Morgan fingerprint density at radius 3 is 0.862 bits per heavy atom. The molecule has 828 valence electrons. The summed E-state index contributed by atoms with van der Waals surface area (Å²) in [6, 6.07) is 4.13. The average molecular weight is 1950 g/mol. The second-order valence-electron chi connectivity index (χ2n) is 49.8. The summed E-state index contributed by atoms with van der Waals surface area (Å²) in [4.78, 5) is 26.7. The Hall–Kier alpha value is -1.41. The molecule has 1 aromatic rings. The Morgan fingerprint density at radius 2 is 0.609 bits per heavy atom. The van der Waals surface area contributed by atoms with Gasteiger partial charge in [-0.1, -0.05) is 248 Å². The van der Waals surface area contributed by atoms with E-state index in [1.165, 1.54) is 343 Å². The fraction of sp³-hybridized carbons (Fsp3) is 0.959. The molecule has 0 saturated carbocycles. The lowest BCUT2D eigenvalue weighted by Crippen LogP contribution is -2.46. The lowest BCUT2D eigenvalue weighted by atomic mass is 9.87. The Kier molecular flexibility index (Phi) is 90.2. The van der Waals surface area contributed by atoms with Crippen LogP contribution in [0.3, 0.4) is 0 Å². The van der Waals surface area contributed by atoms with Gasteiger partial charge in [0.2, 0.25) is 0 Å². The molecule has 14 rings (SSSR count). The number of pyridine rings is 1. The SMILES string of the molecule is C.C.C.CC(C)C1CCN(C)C1.CC(C)C1CCN(C)CC1.CC(C)C1CCNCC1.CC(C)C1CCOC1.CC(C)C1CCOCC1.CC(C)C1CN(C)C1.CC(C)C1CNC1.CC(C)C1COC1.CC(C)CCN1CCC(C)CC1.CC(C)CCN1CCCCC1.CC(C)CCN1CCCCC1.CC(C)CCN1CCCCC1.CC(C)CCN1CCN(C)CC1.CC(C)CCc1cccnc1. The highest BCUT2D eigenvalue weighted by molar-refractivity contribution is 5.08. The molecule has 1 aromatic heterocycles. The number of likely N-dealkylation sites (tertiary alicyclic amines) is 7. The van der Waals surface area contributed by atoms with Crippen molar-refractivity contribution in [2.75, 3.05) is 245 Å². The summed E-state index contributed by atoms with van der Waals surface area (Å²) in [5, 5.41) is 6.61. The van der Waals surface area contributed by atoms with Gasteiger partial charge in [-0.2, -0.15) is 0 Å². The van der Waals surface area contributed by atoms with Crippen LogP contribution in [0.4, 0.5) is 0 Å². The minimum absolute atomic E-state index is 0. The molecule has 0 amide bonds. The Labute approximate surface area is 869 Å². The third-order valence-corrected chi connectivity index (χ3v) is 31.6. The van der Waals surface area contributed by atoms with Crippen molar-refractivity contribution in [3.8, 4) is 0 Å².